The molecule has 0 fully saturated rings. The maximum Gasteiger partial charge on any atom is 0.270 e. The number of H-pyrrole nitrogens is 1. The quantitative estimate of drug-likeness (QED) is 0.797. The maximum atomic E-state index is 12.7. The Morgan fingerprint density at radius 2 is 1.95 bits per heavy atom. The molecule has 1 amide bonds. The summed E-state index contributed by atoms with van der Waals surface area (Å²) in [6.45, 7) is 7.93. The third kappa shape index (κ3) is 3.38. The zero-order valence-electron chi connectivity index (χ0n) is 13.1. The Balaban J connectivity index is 2.22. The molecule has 0 bridgehead atoms. The summed E-state index contributed by atoms with van der Waals surface area (Å²) >= 11 is 0. The summed E-state index contributed by atoms with van der Waals surface area (Å²) in [5.41, 5.74) is 8.09. The number of rotatable bonds is 6. The molecule has 1 aromatic heterocycles. The van der Waals surface area contributed by atoms with Crippen molar-refractivity contribution in [1.29, 1.82) is 0 Å². The second kappa shape index (κ2) is 6.66. The van der Waals surface area contributed by atoms with Crippen LogP contribution in [0.5, 0.6) is 0 Å². The highest BCUT2D eigenvalue weighted by Crippen LogP contribution is 2.20. The minimum Gasteiger partial charge on any atom is -0.399 e. The van der Waals surface area contributed by atoms with E-state index in [0.29, 0.717) is 17.3 Å². The highest BCUT2D eigenvalue weighted by Gasteiger charge is 2.19. The molecule has 0 atom stereocenters. The molecular weight excluding hydrogens is 262 g/mol. The lowest BCUT2D eigenvalue weighted by Gasteiger charge is -2.25. The molecule has 0 saturated carbocycles. The largest absolute Gasteiger partial charge is 0.399 e. The fourth-order valence-electron chi connectivity index (χ4n) is 2.65. The number of carbonyl (C=O) groups is 1. The van der Waals surface area contributed by atoms with Gasteiger partial charge in [-0.25, -0.2) is 0 Å². The van der Waals surface area contributed by atoms with Crippen LogP contribution in [0.3, 0.4) is 0 Å². The topological polar surface area (TPSA) is 62.1 Å². The number of nitrogens with two attached hydrogens (primary N) is 1. The number of fused-ring (bicyclic) bond motifs is 1. The van der Waals surface area contributed by atoms with Crippen molar-refractivity contribution in [3.8, 4) is 0 Å². The predicted octanol–water partition coefficient (Wildman–Crippen LogP) is 3.65. The first-order chi connectivity index (χ1) is 10.1. The number of carbonyl (C=O) groups excluding carboxylic acids is 1. The van der Waals surface area contributed by atoms with Crippen LogP contribution in [0.1, 0.15) is 44.1 Å². The summed E-state index contributed by atoms with van der Waals surface area (Å²) < 4.78 is 0. The molecule has 114 valence electrons. The molecule has 1 heterocycles. The van der Waals surface area contributed by atoms with Crippen LogP contribution in [0.2, 0.25) is 0 Å². The molecule has 3 N–H and O–H groups in total. The van der Waals surface area contributed by atoms with Crippen molar-refractivity contribution < 1.29 is 4.79 Å². The van der Waals surface area contributed by atoms with Gasteiger partial charge in [0.25, 0.3) is 5.91 Å². The molecule has 4 nitrogen and oxygen atoms in total. The molecule has 0 saturated heterocycles. The van der Waals surface area contributed by atoms with E-state index in [9.17, 15) is 4.79 Å². The number of nitrogen functional groups attached to an aromatic ring is 1. The van der Waals surface area contributed by atoms with Gasteiger partial charge in [-0.2, -0.15) is 0 Å². The van der Waals surface area contributed by atoms with Crippen molar-refractivity contribution in [2.45, 2.75) is 33.6 Å². The fraction of sp³-hybridized carbons (Fsp3) is 0.471. The van der Waals surface area contributed by atoms with Crippen LogP contribution in [-0.4, -0.2) is 28.9 Å². The molecule has 0 unspecified atom stereocenters. The van der Waals surface area contributed by atoms with Crippen molar-refractivity contribution >= 4 is 22.5 Å². The third-order valence-electron chi connectivity index (χ3n) is 4.18. The first-order valence-corrected chi connectivity index (χ1v) is 7.76. The molecule has 0 spiro atoms. The van der Waals surface area contributed by atoms with Crippen LogP contribution >= 0.6 is 0 Å². The van der Waals surface area contributed by atoms with Gasteiger partial charge in [0.05, 0.1) is 0 Å². The van der Waals surface area contributed by atoms with Crippen LogP contribution in [0.15, 0.2) is 24.3 Å². The average Bonchev–Trinajstić information content (AvgIpc) is 2.91. The number of amides is 1. The zero-order valence-corrected chi connectivity index (χ0v) is 13.1. The molecule has 2 aromatic rings. The van der Waals surface area contributed by atoms with Crippen molar-refractivity contribution in [1.82, 2.24) is 9.88 Å². The summed E-state index contributed by atoms with van der Waals surface area (Å²) in [5, 5.41) is 0.983. The van der Waals surface area contributed by atoms with Crippen molar-refractivity contribution in [2.75, 3.05) is 18.8 Å². The van der Waals surface area contributed by atoms with Gasteiger partial charge in [0.2, 0.25) is 0 Å². The Morgan fingerprint density at radius 1 is 1.24 bits per heavy atom. The lowest BCUT2D eigenvalue weighted by Crippen LogP contribution is -2.35. The van der Waals surface area contributed by atoms with Crippen LogP contribution in [0, 0.1) is 5.92 Å². The number of nitrogens with one attached hydrogen (secondary N) is 1. The molecule has 4 heteroatoms. The van der Waals surface area contributed by atoms with Crippen LogP contribution in [0.4, 0.5) is 5.69 Å². The maximum absolute atomic E-state index is 12.7. The number of hydrogen-bond donors (Lipinski definition) is 2. The summed E-state index contributed by atoms with van der Waals surface area (Å²) in [6, 6.07) is 7.54. The summed E-state index contributed by atoms with van der Waals surface area (Å²) in [4.78, 5) is 17.8. The average molecular weight is 287 g/mol. The molecule has 0 aliphatic rings. The van der Waals surface area contributed by atoms with E-state index in [0.717, 1.165) is 36.8 Å². The Bertz CT molecular complexity index is 614. The number of anilines is 1. The molecule has 1 aromatic carbocycles. The van der Waals surface area contributed by atoms with E-state index in [-0.39, 0.29) is 5.91 Å². The minimum absolute atomic E-state index is 0.0687. The molecule has 21 heavy (non-hydrogen) atoms. The number of aromatic amines is 1. The fourth-order valence-corrected chi connectivity index (χ4v) is 2.65. The van der Waals surface area contributed by atoms with Crippen molar-refractivity contribution in [3.05, 3.63) is 30.0 Å². The SMILES string of the molecule is CCC(CC)CN(CC)C(=O)c1cc2cc(N)ccc2[nH]1. The second-order valence-electron chi connectivity index (χ2n) is 5.56. The van der Waals surface area contributed by atoms with Gasteiger partial charge in [-0.15, -0.1) is 0 Å². The van der Waals surface area contributed by atoms with Gasteiger partial charge < -0.3 is 15.6 Å². The van der Waals surface area contributed by atoms with Crippen molar-refractivity contribution in [2.24, 2.45) is 5.92 Å². The van der Waals surface area contributed by atoms with Crippen molar-refractivity contribution in [3.63, 3.8) is 0 Å². The summed E-state index contributed by atoms with van der Waals surface area (Å²) in [6.07, 6.45) is 2.20. The second-order valence-corrected chi connectivity index (χ2v) is 5.56. The number of benzene rings is 1. The van der Waals surface area contributed by atoms with Gasteiger partial charge in [-0.05, 0) is 37.1 Å². The van der Waals surface area contributed by atoms with Gasteiger partial charge in [0.15, 0.2) is 0 Å². The van der Waals surface area contributed by atoms with E-state index < -0.39 is 0 Å². The molecule has 0 radical (unpaired) electrons. The van der Waals surface area contributed by atoms with E-state index in [1.807, 2.05) is 36.1 Å². The highest BCUT2D eigenvalue weighted by atomic mass is 16.2. The zero-order chi connectivity index (χ0) is 15.4. The van der Waals surface area contributed by atoms with E-state index in [4.69, 9.17) is 5.73 Å². The lowest BCUT2D eigenvalue weighted by molar-refractivity contribution is 0.0730. The number of nitrogens with zero attached hydrogens (tertiary/aromatic N) is 1. The van der Waals surface area contributed by atoms with Gasteiger partial charge >= 0.3 is 0 Å². The predicted molar refractivity (Wildman–Crippen MR) is 88.4 cm³/mol. The van der Waals surface area contributed by atoms with E-state index >= 15 is 0 Å². The first kappa shape index (κ1) is 15.4. The molecule has 2 rings (SSSR count). The van der Waals surface area contributed by atoms with Gasteiger partial charge in [0.1, 0.15) is 5.69 Å². The molecule has 0 aliphatic carbocycles. The molecular formula is C17H25N3O. The summed E-state index contributed by atoms with van der Waals surface area (Å²) in [7, 11) is 0. The Kier molecular flexibility index (Phi) is 4.89. The van der Waals surface area contributed by atoms with E-state index in [1.54, 1.807) is 0 Å². The van der Waals surface area contributed by atoms with E-state index in [1.165, 1.54) is 0 Å². The summed E-state index contributed by atoms with van der Waals surface area (Å²) in [5.74, 6) is 0.632. The van der Waals surface area contributed by atoms with Gasteiger partial charge in [0, 0.05) is 29.7 Å². The highest BCUT2D eigenvalue weighted by molar-refractivity contribution is 5.98. The normalized spacial score (nSPS) is 11.2. The first-order valence-electron chi connectivity index (χ1n) is 7.76. The Morgan fingerprint density at radius 3 is 2.57 bits per heavy atom. The van der Waals surface area contributed by atoms with E-state index in [2.05, 4.69) is 18.8 Å². The lowest BCUT2D eigenvalue weighted by atomic mass is 10.0. The monoisotopic (exact) mass is 287 g/mol. The van der Waals surface area contributed by atoms with Gasteiger partial charge in [-0.3, -0.25) is 4.79 Å². The Hall–Kier alpha value is -1.97. The minimum atomic E-state index is 0.0687. The van der Waals surface area contributed by atoms with Gasteiger partial charge in [-0.1, -0.05) is 26.7 Å². The van der Waals surface area contributed by atoms with Crippen LogP contribution in [0.25, 0.3) is 10.9 Å². The standard InChI is InChI=1S/C17H25N3O/c1-4-12(5-2)11-20(6-3)17(21)16-10-13-9-14(18)7-8-15(13)19-16/h7-10,12,19H,4-6,11,18H2,1-3H3. The Labute approximate surface area is 126 Å². The van der Waals surface area contributed by atoms with Crippen LogP contribution in [-0.2, 0) is 0 Å². The third-order valence-corrected chi connectivity index (χ3v) is 4.18. The number of aromatic nitrogens is 1. The van der Waals surface area contributed by atoms with Crippen LogP contribution < -0.4 is 5.73 Å². The molecule has 0 aliphatic heterocycles. The number of hydrogen-bond acceptors (Lipinski definition) is 2. The smallest absolute Gasteiger partial charge is 0.270 e.